The Labute approximate surface area is 631 Å². The van der Waals surface area contributed by atoms with Crippen LogP contribution < -0.4 is 19.3 Å². The van der Waals surface area contributed by atoms with Gasteiger partial charge in [0.05, 0.1) is 10.8 Å². The van der Waals surface area contributed by atoms with Gasteiger partial charge in [0.25, 0.3) is 0 Å². The molecule has 7 heteroatoms. The van der Waals surface area contributed by atoms with Crippen molar-refractivity contribution in [1.82, 2.24) is 0 Å². The minimum Gasteiger partial charge on any atom is -0.457 e. The fourth-order valence-corrected chi connectivity index (χ4v) is 16.8. The highest BCUT2D eigenvalue weighted by Crippen LogP contribution is 2.59. The second kappa shape index (κ2) is 27.1. The number of hydrogen-bond acceptors (Lipinski definition) is 5. The van der Waals surface area contributed by atoms with Gasteiger partial charge in [-0.05, 0) is 270 Å². The predicted octanol–water partition coefficient (Wildman–Crippen LogP) is 27.7. The van der Waals surface area contributed by atoms with Crippen molar-refractivity contribution in [3.05, 3.63) is 457 Å². The Morgan fingerprint density at radius 1 is 0.266 bits per heavy atom. The maximum Gasteiger partial charge on any atom is 0.135 e. The summed E-state index contributed by atoms with van der Waals surface area (Å²) in [5, 5.41) is 1.93. The Kier molecular flexibility index (Phi) is 16.3. The van der Waals surface area contributed by atoms with Gasteiger partial charge in [0.1, 0.15) is 45.8 Å². The van der Waals surface area contributed by atoms with Crippen LogP contribution in [-0.4, -0.2) is 0 Å². The molecule has 0 radical (unpaired) electrons. The number of rotatable bonds is 18. The lowest BCUT2D eigenvalue weighted by atomic mass is 9.67. The summed E-state index contributed by atoms with van der Waals surface area (Å²) in [5.74, 6) is 2.27. The Hall–Kier alpha value is -14.1. The molecule has 0 saturated carbocycles. The van der Waals surface area contributed by atoms with Crippen LogP contribution in [0, 0.1) is 11.6 Å². The summed E-state index contributed by atoms with van der Waals surface area (Å²) in [5.41, 5.74) is 24.8. The molecule has 2 aliphatic carbocycles. The van der Waals surface area contributed by atoms with E-state index in [2.05, 4.69) is 278 Å². The lowest BCUT2D eigenvalue weighted by molar-refractivity contribution is 0.482. The first-order valence-electron chi connectivity index (χ1n) is 36.6. The molecule has 2 atom stereocenters. The summed E-state index contributed by atoms with van der Waals surface area (Å²) in [6, 6.07) is 129. The third kappa shape index (κ3) is 11.4. The van der Waals surface area contributed by atoms with Crippen molar-refractivity contribution in [2.75, 3.05) is 9.80 Å². The van der Waals surface area contributed by atoms with Crippen molar-refractivity contribution in [3.8, 4) is 67.5 Å². The molecule has 5 nitrogen and oxygen atoms in total. The zero-order valence-electron chi connectivity index (χ0n) is 59.2. The number of fused-ring (bicyclic) bond motifs is 9. The Morgan fingerprint density at radius 2 is 0.587 bits per heavy atom. The monoisotopic (exact) mass is 1410 g/mol. The van der Waals surface area contributed by atoms with E-state index in [0.29, 0.717) is 11.5 Å². The summed E-state index contributed by atoms with van der Waals surface area (Å²) in [6.07, 6.45) is 3.63. The summed E-state index contributed by atoms with van der Waals surface area (Å²) in [7, 11) is 0. The molecule has 19 rings (SSSR count). The molecule has 0 saturated heterocycles. The van der Waals surface area contributed by atoms with Gasteiger partial charge in [-0.15, -0.1) is 0 Å². The van der Waals surface area contributed by atoms with Gasteiger partial charge in [0, 0.05) is 44.9 Å². The number of furan rings is 1. The standard InChI is InChI=1S/C102H68F2N2O3/c1-3-67-29-49-85(50-30-67)107-87-53-39-75(40-54-87)101(73-35-43-77(103)44-36-73)95-27-13-11-25-89(95)91-57-33-71(63-97(91)101)69-17-15-23-81(61-69)105(79-19-7-5-8-20-79)83-47-59-99-93(65-83)94-66-84(48-60-100(94)109-99)106(80-21-9-6-10-22-80)82-24-16-18-70(62-82)72-34-58-92-90-26-12-14-28-96(90)102(98(92)64-72,74-37-45-78(104)46-38-74)76-41-55-88(56-42-76)108-86-51-31-68(4-2)32-52-86/h3-66H,1-2H2. The third-order valence-corrected chi connectivity index (χ3v) is 21.8. The van der Waals surface area contributed by atoms with Gasteiger partial charge in [-0.1, -0.05) is 232 Å². The van der Waals surface area contributed by atoms with E-state index in [0.717, 1.165) is 168 Å². The fraction of sp³-hybridized carbons (Fsp3) is 0.0196. The molecule has 0 aliphatic heterocycles. The van der Waals surface area contributed by atoms with E-state index >= 15 is 8.78 Å². The maximum absolute atomic E-state index is 15.1. The zero-order chi connectivity index (χ0) is 73.2. The van der Waals surface area contributed by atoms with Crippen LogP contribution in [0.2, 0.25) is 0 Å². The van der Waals surface area contributed by atoms with E-state index in [4.69, 9.17) is 13.9 Å². The van der Waals surface area contributed by atoms with Gasteiger partial charge in [-0.2, -0.15) is 0 Å². The number of hydrogen-bond donors (Lipinski definition) is 0. The lowest BCUT2D eigenvalue weighted by Gasteiger charge is -2.34. The number of para-hydroxylation sites is 2. The lowest BCUT2D eigenvalue weighted by Crippen LogP contribution is -2.28. The van der Waals surface area contributed by atoms with Crippen LogP contribution in [0.1, 0.15) is 55.6 Å². The molecule has 1 heterocycles. The SMILES string of the molecule is C=Cc1ccc(Oc2ccc(C3(c4ccc(F)cc4)c4ccccc4-c4ccc(-c5cccc(N(c6ccccc6)c6ccc7oc8ccc(N(c9ccccc9)c9cccc(-c%10ccc%11c(c%10)C(c%10ccc(F)cc%10)(c%10ccc(Oc%12ccc(C=C)cc%12)cc%10)c%10ccccc%10-%11)c9)cc8c7c6)c5)cc43)cc2)cc1. The van der Waals surface area contributed by atoms with Crippen LogP contribution in [0.3, 0.4) is 0 Å². The maximum atomic E-state index is 15.1. The highest BCUT2D eigenvalue weighted by molar-refractivity contribution is 6.08. The normalized spacial score (nSPS) is 14.5. The van der Waals surface area contributed by atoms with Crippen LogP contribution in [0.4, 0.5) is 42.9 Å². The molecule has 0 N–H and O–H groups in total. The number of benzene rings is 16. The zero-order valence-corrected chi connectivity index (χ0v) is 59.2. The molecule has 0 bridgehead atoms. The first-order valence-corrected chi connectivity index (χ1v) is 36.6. The highest BCUT2D eigenvalue weighted by atomic mass is 19.1. The smallest absolute Gasteiger partial charge is 0.135 e. The van der Waals surface area contributed by atoms with Gasteiger partial charge in [0.2, 0.25) is 0 Å². The first-order chi connectivity index (χ1) is 53.7. The van der Waals surface area contributed by atoms with Crippen LogP contribution in [0.5, 0.6) is 23.0 Å². The van der Waals surface area contributed by atoms with Gasteiger partial charge >= 0.3 is 0 Å². The Balaban J connectivity index is 0.687. The van der Waals surface area contributed by atoms with Crippen molar-refractivity contribution in [2.24, 2.45) is 0 Å². The van der Waals surface area contributed by atoms with Gasteiger partial charge < -0.3 is 23.7 Å². The van der Waals surface area contributed by atoms with Gasteiger partial charge in [-0.3, -0.25) is 0 Å². The minimum absolute atomic E-state index is 0.296. The molecular formula is C102H68F2N2O3. The van der Waals surface area contributed by atoms with E-state index in [9.17, 15) is 0 Å². The summed E-state index contributed by atoms with van der Waals surface area (Å²) in [4.78, 5) is 4.63. The third-order valence-electron chi connectivity index (χ3n) is 21.8. The fourth-order valence-electron chi connectivity index (χ4n) is 16.8. The van der Waals surface area contributed by atoms with Crippen molar-refractivity contribution in [2.45, 2.75) is 10.8 Å². The molecule has 2 aliphatic rings. The highest BCUT2D eigenvalue weighted by Gasteiger charge is 2.48. The van der Waals surface area contributed by atoms with Crippen LogP contribution in [-0.2, 0) is 10.8 Å². The molecule has 2 unspecified atom stereocenters. The van der Waals surface area contributed by atoms with Gasteiger partial charge in [-0.25, -0.2) is 8.78 Å². The van der Waals surface area contributed by atoms with Crippen molar-refractivity contribution in [1.29, 1.82) is 0 Å². The molecule has 518 valence electrons. The molecule has 1 aromatic heterocycles. The van der Waals surface area contributed by atoms with Crippen molar-refractivity contribution in [3.63, 3.8) is 0 Å². The molecule has 0 fully saturated rings. The number of ether oxygens (including phenoxy) is 2. The molecule has 17 aromatic rings. The molecule has 0 amide bonds. The number of halogens is 2. The van der Waals surface area contributed by atoms with Gasteiger partial charge in [0.15, 0.2) is 0 Å². The average Bonchev–Trinajstić information content (AvgIpc) is 1.57. The second-order valence-electron chi connectivity index (χ2n) is 27.8. The van der Waals surface area contributed by atoms with Crippen molar-refractivity contribution < 1.29 is 22.7 Å². The van der Waals surface area contributed by atoms with Crippen LogP contribution >= 0.6 is 0 Å². The van der Waals surface area contributed by atoms with Crippen molar-refractivity contribution >= 4 is 68.2 Å². The Morgan fingerprint density at radius 3 is 0.972 bits per heavy atom. The van der Waals surface area contributed by atoms with E-state index < -0.39 is 10.8 Å². The van der Waals surface area contributed by atoms with E-state index in [-0.39, 0.29) is 11.6 Å². The summed E-state index contributed by atoms with van der Waals surface area (Å²) in [6.45, 7) is 7.82. The minimum atomic E-state index is -0.814. The molecule has 0 spiro atoms. The molecular weight excluding hydrogens is 1340 g/mol. The van der Waals surface area contributed by atoms with E-state index in [1.165, 1.54) is 0 Å². The van der Waals surface area contributed by atoms with Crippen LogP contribution in [0.25, 0.3) is 78.6 Å². The van der Waals surface area contributed by atoms with E-state index in [1.54, 1.807) is 24.3 Å². The predicted molar refractivity (Wildman–Crippen MR) is 442 cm³/mol. The van der Waals surface area contributed by atoms with Crippen LogP contribution in [0.15, 0.2) is 394 Å². The number of anilines is 6. The van der Waals surface area contributed by atoms with E-state index in [1.807, 2.05) is 109 Å². The summed E-state index contributed by atoms with van der Waals surface area (Å²) < 4.78 is 49.8. The second-order valence-corrected chi connectivity index (χ2v) is 27.8. The quantitative estimate of drug-likeness (QED) is 0.0856. The molecule has 109 heavy (non-hydrogen) atoms. The summed E-state index contributed by atoms with van der Waals surface area (Å²) >= 11 is 0. The Bertz CT molecular complexity index is 5950. The topological polar surface area (TPSA) is 38.1 Å². The molecule has 16 aromatic carbocycles. The number of nitrogens with zero attached hydrogens (tertiary/aromatic N) is 2. The average molecular weight is 1410 g/mol. The first kappa shape index (κ1) is 65.6. The largest absolute Gasteiger partial charge is 0.457 e.